The van der Waals surface area contributed by atoms with Crippen LogP contribution in [0.2, 0.25) is 0 Å². The second-order valence-electron chi connectivity index (χ2n) is 5.45. The molecule has 1 aromatic carbocycles. The lowest BCUT2D eigenvalue weighted by molar-refractivity contribution is 0.122. The smallest absolute Gasteiger partial charge is 0.118 e. The van der Waals surface area contributed by atoms with Crippen LogP contribution in [-0.2, 0) is 11.2 Å². The molecule has 0 spiro atoms. The number of rotatable bonds is 3. The van der Waals surface area contributed by atoms with Gasteiger partial charge < -0.3 is 20.5 Å². The van der Waals surface area contributed by atoms with Gasteiger partial charge in [0.1, 0.15) is 5.75 Å². The number of hydrogen-bond donors (Lipinski definition) is 2. The van der Waals surface area contributed by atoms with E-state index < -0.39 is 0 Å². The van der Waals surface area contributed by atoms with Gasteiger partial charge in [0.25, 0.3) is 0 Å². The van der Waals surface area contributed by atoms with Crippen molar-refractivity contribution in [1.82, 2.24) is 0 Å². The van der Waals surface area contributed by atoms with Gasteiger partial charge in [-0.2, -0.15) is 0 Å². The highest BCUT2D eigenvalue weighted by molar-refractivity contribution is 5.53. The Bertz CT molecular complexity index is 437. The number of nitrogens with zero attached hydrogens (tertiary/aromatic N) is 1. The number of phenolic OH excluding ortho intramolecular Hbond substituents is 1. The van der Waals surface area contributed by atoms with Gasteiger partial charge in [-0.3, -0.25) is 0 Å². The number of nitrogens with two attached hydrogens (primary N) is 1. The topological polar surface area (TPSA) is 58.7 Å². The molecule has 1 aromatic rings. The van der Waals surface area contributed by atoms with E-state index in [1.165, 1.54) is 0 Å². The summed E-state index contributed by atoms with van der Waals surface area (Å²) >= 11 is 0. The summed E-state index contributed by atoms with van der Waals surface area (Å²) in [7, 11) is 0. The van der Waals surface area contributed by atoms with E-state index in [4.69, 9.17) is 10.5 Å². The van der Waals surface area contributed by atoms with Crippen LogP contribution in [0.25, 0.3) is 0 Å². The van der Waals surface area contributed by atoms with Crippen molar-refractivity contribution in [2.75, 3.05) is 31.2 Å². The molecule has 0 atom stereocenters. The third-order valence-corrected chi connectivity index (χ3v) is 3.87. The van der Waals surface area contributed by atoms with Crippen LogP contribution in [-0.4, -0.2) is 36.9 Å². The Morgan fingerprint density at radius 3 is 2.67 bits per heavy atom. The molecule has 3 N–H and O–H groups in total. The zero-order valence-electron chi connectivity index (χ0n) is 10.6. The molecule has 1 aliphatic carbocycles. The Hall–Kier alpha value is -1.26. The Kier molecular flexibility index (Phi) is 2.92. The van der Waals surface area contributed by atoms with E-state index in [2.05, 4.69) is 11.0 Å². The third-order valence-electron chi connectivity index (χ3n) is 3.87. The average Bonchev–Trinajstić information content (AvgIpc) is 3.11. The summed E-state index contributed by atoms with van der Waals surface area (Å²) in [4.78, 5) is 2.29. The molecule has 98 valence electrons. The minimum Gasteiger partial charge on any atom is -0.508 e. The van der Waals surface area contributed by atoms with Crippen LogP contribution in [0.3, 0.4) is 0 Å². The summed E-state index contributed by atoms with van der Waals surface area (Å²) in [5, 5.41) is 9.93. The zero-order chi connectivity index (χ0) is 12.6. The molecule has 1 aliphatic heterocycles. The minimum absolute atomic E-state index is 0.0683. The largest absolute Gasteiger partial charge is 0.508 e. The summed E-state index contributed by atoms with van der Waals surface area (Å²) in [5.41, 5.74) is 8.20. The van der Waals surface area contributed by atoms with Crippen molar-refractivity contribution in [3.05, 3.63) is 23.8 Å². The monoisotopic (exact) mass is 248 g/mol. The van der Waals surface area contributed by atoms with Crippen LogP contribution in [0, 0.1) is 0 Å². The fourth-order valence-corrected chi connectivity index (χ4v) is 2.45. The Labute approximate surface area is 107 Å². The lowest BCUT2D eigenvalue weighted by Crippen LogP contribution is -2.36. The van der Waals surface area contributed by atoms with Crippen molar-refractivity contribution in [3.63, 3.8) is 0 Å². The van der Waals surface area contributed by atoms with Gasteiger partial charge in [-0.05, 0) is 43.0 Å². The highest BCUT2D eigenvalue weighted by Gasteiger charge is 2.38. The maximum atomic E-state index is 9.93. The fraction of sp³-hybridized carbons (Fsp3) is 0.571. The summed E-state index contributed by atoms with van der Waals surface area (Å²) in [6.45, 7) is 3.38. The first-order valence-electron chi connectivity index (χ1n) is 6.60. The highest BCUT2D eigenvalue weighted by Crippen LogP contribution is 2.38. The van der Waals surface area contributed by atoms with Gasteiger partial charge in [-0.1, -0.05) is 0 Å². The Balaban J connectivity index is 1.80. The quantitative estimate of drug-likeness (QED) is 0.845. The molecule has 0 radical (unpaired) electrons. The van der Waals surface area contributed by atoms with Crippen molar-refractivity contribution in [1.29, 1.82) is 0 Å². The summed E-state index contributed by atoms with van der Waals surface area (Å²) in [5.74, 6) is 0.365. The maximum Gasteiger partial charge on any atom is 0.118 e. The lowest BCUT2D eigenvalue weighted by Gasteiger charge is -2.29. The SMILES string of the molecule is NC1(Cc2cc(N3CCOCC3)ccc2O)CC1. The number of aromatic hydroxyl groups is 1. The maximum absolute atomic E-state index is 9.93. The van der Waals surface area contributed by atoms with Crippen molar-refractivity contribution in [2.24, 2.45) is 5.73 Å². The second kappa shape index (κ2) is 4.44. The Morgan fingerprint density at radius 1 is 1.28 bits per heavy atom. The van der Waals surface area contributed by atoms with E-state index in [0.717, 1.165) is 56.8 Å². The van der Waals surface area contributed by atoms with Crippen LogP contribution in [0.5, 0.6) is 5.75 Å². The third kappa shape index (κ3) is 2.44. The van der Waals surface area contributed by atoms with E-state index in [0.29, 0.717) is 5.75 Å². The molecule has 2 aliphatic rings. The van der Waals surface area contributed by atoms with Crippen molar-refractivity contribution >= 4 is 5.69 Å². The number of phenols is 1. The summed E-state index contributed by atoms with van der Waals surface area (Å²) in [6.07, 6.45) is 2.90. The molecule has 0 amide bonds. The minimum atomic E-state index is -0.0683. The van der Waals surface area contributed by atoms with Crippen LogP contribution in [0.4, 0.5) is 5.69 Å². The molecule has 1 saturated carbocycles. The number of anilines is 1. The van der Waals surface area contributed by atoms with Gasteiger partial charge in [-0.25, -0.2) is 0 Å². The standard InChI is InChI=1S/C14H20N2O2/c15-14(3-4-14)10-11-9-12(1-2-13(11)17)16-5-7-18-8-6-16/h1-2,9,17H,3-8,10,15H2. The number of benzene rings is 1. The summed E-state index contributed by atoms with van der Waals surface area (Å²) in [6, 6.07) is 5.83. The van der Waals surface area contributed by atoms with Crippen LogP contribution >= 0.6 is 0 Å². The van der Waals surface area contributed by atoms with Crippen LogP contribution < -0.4 is 10.6 Å². The number of ether oxygens (including phenoxy) is 1. The normalized spacial score (nSPS) is 21.9. The second-order valence-corrected chi connectivity index (χ2v) is 5.45. The lowest BCUT2D eigenvalue weighted by atomic mass is 10.0. The van der Waals surface area contributed by atoms with Crippen LogP contribution in [0.15, 0.2) is 18.2 Å². The summed E-state index contributed by atoms with van der Waals surface area (Å²) < 4.78 is 5.35. The average molecular weight is 248 g/mol. The molecule has 1 saturated heterocycles. The highest BCUT2D eigenvalue weighted by atomic mass is 16.5. The van der Waals surface area contributed by atoms with E-state index in [1.54, 1.807) is 6.07 Å². The van der Waals surface area contributed by atoms with Gasteiger partial charge in [0, 0.05) is 24.3 Å². The van der Waals surface area contributed by atoms with Gasteiger partial charge in [0.15, 0.2) is 0 Å². The van der Waals surface area contributed by atoms with Gasteiger partial charge in [-0.15, -0.1) is 0 Å². The predicted molar refractivity (Wildman–Crippen MR) is 71.0 cm³/mol. The van der Waals surface area contributed by atoms with E-state index in [-0.39, 0.29) is 5.54 Å². The molecular weight excluding hydrogens is 228 g/mol. The molecule has 18 heavy (non-hydrogen) atoms. The molecule has 0 aromatic heterocycles. The first-order chi connectivity index (χ1) is 8.66. The van der Waals surface area contributed by atoms with Gasteiger partial charge >= 0.3 is 0 Å². The Morgan fingerprint density at radius 2 is 2.00 bits per heavy atom. The van der Waals surface area contributed by atoms with Crippen molar-refractivity contribution in [3.8, 4) is 5.75 Å². The van der Waals surface area contributed by atoms with E-state index in [1.807, 2.05) is 6.07 Å². The molecular formula is C14H20N2O2. The molecule has 2 fully saturated rings. The van der Waals surface area contributed by atoms with Crippen molar-refractivity contribution < 1.29 is 9.84 Å². The van der Waals surface area contributed by atoms with E-state index in [9.17, 15) is 5.11 Å². The first kappa shape index (κ1) is 11.8. The fourth-order valence-electron chi connectivity index (χ4n) is 2.45. The first-order valence-corrected chi connectivity index (χ1v) is 6.60. The van der Waals surface area contributed by atoms with Crippen LogP contribution in [0.1, 0.15) is 18.4 Å². The molecule has 4 heteroatoms. The molecule has 1 heterocycles. The predicted octanol–water partition coefficient (Wildman–Crippen LogP) is 1.26. The molecule has 4 nitrogen and oxygen atoms in total. The number of hydrogen-bond acceptors (Lipinski definition) is 4. The molecule has 3 rings (SSSR count). The van der Waals surface area contributed by atoms with Crippen molar-refractivity contribution in [2.45, 2.75) is 24.8 Å². The number of morpholine rings is 1. The molecule has 0 bridgehead atoms. The van der Waals surface area contributed by atoms with Gasteiger partial charge in [0.2, 0.25) is 0 Å². The van der Waals surface area contributed by atoms with E-state index >= 15 is 0 Å². The van der Waals surface area contributed by atoms with Gasteiger partial charge in [0.05, 0.1) is 13.2 Å². The molecule has 0 unspecified atom stereocenters. The zero-order valence-corrected chi connectivity index (χ0v) is 10.6.